The highest BCUT2D eigenvalue weighted by molar-refractivity contribution is 6.18. The molecule has 0 aliphatic carbocycles. The van der Waals surface area contributed by atoms with Crippen LogP contribution in [-0.4, -0.2) is 24.4 Å². The Hall–Kier alpha value is -1.22. The van der Waals surface area contributed by atoms with Crippen LogP contribution in [0.25, 0.3) is 0 Å². The quantitative estimate of drug-likeness (QED) is 0.584. The second kappa shape index (κ2) is 8.85. The number of carbonyl (C=O) groups is 1. The average Bonchev–Trinajstić information content (AvgIpc) is 2.45. The lowest BCUT2D eigenvalue weighted by Crippen LogP contribution is -2.39. The third kappa shape index (κ3) is 5.41. The second-order valence-corrected chi connectivity index (χ2v) is 5.51. The predicted octanol–water partition coefficient (Wildman–Crippen LogP) is 3.86. The third-order valence-corrected chi connectivity index (χ3v) is 3.50. The first-order chi connectivity index (χ1) is 9.58. The molecule has 0 aliphatic rings. The van der Waals surface area contributed by atoms with E-state index in [2.05, 4.69) is 12.2 Å². The van der Waals surface area contributed by atoms with Crippen LogP contribution < -0.4 is 10.1 Å². The van der Waals surface area contributed by atoms with Crippen LogP contribution in [-0.2, 0) is 0 Å². The lowest BCUT2D eigenvalue weighted by Gasteiger charge is -2.19. The highest BCUT2D eigenvalue weighted by Gasteiger charge is 2.15. The van der Waals surface area contributed by atoms with Gasteiger partial charge in [-0.2, -0.15) is 0 Å². The zero-order valence-corrected chi connectivity index (χ0v) is 13.2. The van der Waals surface area contributed by atoms with Crippen LogP contribution in [0, 0.1) is 5.92 Å². The van der Waals surface area contributed by atoms with Crippen LogP contribution in [0.15, 0.2) is 24.3 Å². The minimum absolute atomic E-state index is 0.00959. The summed E-state index contributed by atoms with van der Waals surface area (Å²) in [7, 11) is 0. The SMILES string of the molecule is CCCCOc1ccc(C(=O)NC(CCl)C(C)C)cc1. The summed E-state index contributed by atoms with van der Waals surface area (Å²) in [5.74, 6) is 1.44. The van der Waals surface area contributed by atoms with Crippen LogP contribution >= 0.6 is 11.6 Å². The van der Waals surface area contributed by atoms with Gasteiger partial charge in [0.2, 0.25) is 0 Å². The number of unbranched alkanes of at least 4 members (excludes halogenated alkanes) is 1. The normalized spacial score (nSPS) is 12.2. The molecular weight excluding hydrogens is 274 g/mol. The number of nitrogens with one attached hydrogen (secondary N) is 1. The summed E-state index contributed by atoms with van der Waals surface area (Å²) in [6.45, 7) is 6.92. The van der Waals surface area contributed by atoms with Gasteiger partial charge >= 0.3 is 0 Å². The number of rotatable bonds is 8. The zero-order chi connectivity index (χ0) is 15.0. The maximum Gasteiger partial charge on any atom is 0.251 e. The number of hydrogen-bond donors (Lipinski definition) is 1. The molecule has 3 nitrogen and oxygen atoms in total. The molecule has 112 valence electrons. The summed E-state index contributed by atoms with van der Waals surface area (Å²) in [6.07, 6.45) is 2.14. The van der Waals surface area contributed by atoms with E-state index in [4.69, 9.17) is 16.3 Å². The molecule has 0 aromatic heterocycles. The van der Waals surface area contributed by atoms with E-state index in [1.807, 2.05) is 26.0 Å². The first-order valence-electron chi connectivity index (χ1n) is 7.18. The van der Waals surface area contributed by atoms with E-state index in [1.54, 1.807) is 12.1 Å². The standard InChI is InChI=1S/C16H24ClNO2/c1-4-5-10-20-14-8-6-13(7-9-14)16(19)18-15(11-17)12(2)3/h6-9,12,15H,4-5,10-11H2,1-3H3,(H,18,19). The molecule has 4 heteroatoms. The monoisotopic (exact) mass is 297 g/mol. The molecule has 0 saturated heterocycles. The van der Waals surface area contributed by atoms with Gasteiger partial charge in [0.15, 0.2) is 0 Å². The van der Waals surface area contributed by atoms with E-state index in [-0.39, 0.29) is 11.9 Å². The first-order valence-corrected chi connectivity index (χ1v) is 7.71. The summed E-state index contributed by atoms with van der Waals surface area (Å²) in [5, 5.41) is 2.94. The van der Waals surface area contributed by atoms with E-state index in [9.17, 15) is 4.79 Å². The molecule has 0 saturated carbocycles. The number of hydrogen-bond acceptors (Lipinski definition) is 2. The van der Waals surface area contributed by atoms with Crippen LogP contribution in [0.4, 0.5) is 0 Å². The zero-order valence-electron chi connectivity index (χ0n) is 12.5. The van der Waals surface area contributed by atoms with Gasteiger partial charge in [-0.3, -0.25) is 4.79 Å². The van der Waals surface area contributed by atoms with Gasteiger partial charge in [-0.15, -0.1) is 11.6 Å². The van der Waals surface area contributed by atoms with E-state index in [0.717, 1.165) is 18.6 Å². The Bertz CT molecular complexity index is 403. The second-order valence-electron chi connectivity index (χ2n) is 5.20. The Balaban J connectivity index is 2.56. The van der Waals surface area contributed by atoms with Crippen molar-refractivity contribution in [1.29, 1.82) is 0 Å². The Morgan fingerprint density at radius 1 is 1.30 bits per heavy atom. The summed E-state index contributed by atoms with van der Waals surface area (Å²) >= 11 is 5.86. The largest absolute Gasteiger partial charge is 0.494 e. The van der Waals surface area contributed by atoms with Gasteiger partial charge in [-0.1, -0.05) is 27.2 Å². The maximum atomic E-state index is 12.1. The van der Waals surface area contributed by atoms with E-state index >= 15 is 0 Å². The fourth-order valence-corrected chi connectivity index (χ4v) is 2.11. The molecule has 1 aromatic rings. The van der Waals surface area contributed by atoms with Crippen LogP contribution in [0.1, 0.15) is 44.0 Å². The number of alkyl halides is 1. The molecule has 1 N–H and O–H groups in total. The highest BCUT2D eigenvalue weighted by Crippen LogP contribution is 2.13. The van der Waals surface area contributed by atoms with Gasteiger partial charge in [0.05, 0.1) is 6.61 Å². The third-order valence-electron chi connectivity index (χ3n) is 3.17. The van der Waals surface area contributed by atoms with E-state index in [0.29, 0.717) is 24.0 Å². The van der Waals surface area contributed by atoms with Gasteiger partial charge in [-0.05, 0) is 36.6 Å². The van der Waals surface area contributed by atoms with Crippen molar-refractivity contribution in [3.05, 3.63) is 29.8 Å². The van der Waals surface area contributed by atoms with Crippen molar-refractivity contribution in [1.82, 2.24) is 5.32 Å². The molecular formula is C16H24ClNO2. The maximum absolute atomic E-state index is 12.1. The predicted molar refractivity (Wildman–Crippen MR) is 83.7 cm³/mol. The number of halogens is 1. The van der Waals surface area contributed by atoms with Crippen molar-refractivity contribution >= 4 is 17.5 Å². The Kier molecular flexibility index (Phi) is 7.45. The lowest BCUT2D eigenvalue weighted by atomic mass is 10.1. The lowest BCUT2D eigenvalue weighted by molar-refractivity contribution is 0.0931. The van der Waals surface area contributed by atoms with Crippen LogP contribution in [0.3, 0.4) is 0 Å². The molecule has 0 spiro atoms. The van der Waals surface area contributed by atoms with Gasteiger partial charge < -0.3 is 10.1 Å². The minimum atomic E-state index is -0.0931. The molecule has 0 bridgehead atoms. The highest BCUT2D eigenvalue weighted by atomic mass is 35.5. The Labute approximate surface area is 126 Å². The Morgan fingerprint density at radius 3 is 2.45 bits per heavy atom. The summed E-state index contributed by atoms with van der Waals surface area (Å²) in [5.41, 5.74) is 0.628. The molecule has 1 unspecified atom stereocenters. The molecule has 0 radical (unpaired) electrons. The summed E-state index contributed by atoms with van der Waals surface area (Å²) in [6, 6.07) is 7.21. The minimum Gasteiger partial charge on any atom is -0.494 e. The van der Waals surface area contributed by atoms with Gasteiger partial charge in [0.25, 0.3) is 5.91 Å². The Morgan fingerprint density at radius 2 is 1.95 bits per heavy atom. The molecule has 1 rings (SSSR count). The van der Waals surface area contributed by atoms with Crippen LogP contribution in [0.2, 0.25) is 0 Å². The fraction of sp³-hybridized carbons (Fsp3) is 0.562. The molecule has 1 aromatic carbocycles. The molecule has 0 aliphatic heterocycles. The molecule has 0 fully saturated rings. The number of ether oxygens (including phenoxy) is 1. The van der Waals surface area contributed by atoms with Gasteiger partial charge in [0, 0.05) is 17.5 Å². The summed E-state index contributed by atoms with van der Waals surface area (Å²) < 4.78 is 5.57. The van der Waals surface area contributed by atoms with Crippen molar-refractivity contribution in [3.8, 4) is 5.75 Å². The first kappa shape index (κ1) is 16.8. The summed E-state index contributed by atoms with van der Waals surface area (Å²) in [4.78, 5) is 12.1. The number of benzene rings is 1. The van der Waals surface area contributed by atoms with E-state index < -0.39 is 0 Å². The fourth-order valence-electron chi connectivity index (χ4n) is 1.67. The van der Waals surface area contributed by atoms with Crippen molar-refractivity contribution in [2.75, 3.05) is 12.5 Å². The van der Waals surface area contributed by atoms with Crippen LogP contribution in [0.5, 0.6) is 5.75 Å². The number of amides is 1. The van der Waals surface area contributed by atoms with Crippen molar-refractivity contribution in [3.63, 3.8) is 0 Å². The smallest absolute Gasteiger partial charge is 0.251 e. The average molecular weight is 298 g/mol. The van der Waals surface area contributed by atoms with Gasteiger partial charge in [-0.25, -0.2) is 0 Å². The topological polar surface area (TPSA) is 38.3 Å². The van der Waals surface area contributed by atoms with Crippen molar-refractivity contribution in [2.24, 2.45) is 5.92 Å². The molecule has 20 heavy (non-hydrogen) atoms. The molecule has 1 amide bonds. The van der Waals surface area contributed by atoms with E-state index in [1.165, 1.54) is 0 Å². The van der Waals surface area contributed by atoms with Crippen molar-refractivity contribution < 1.29 is 9.53 Å². The molecule has 1 atom stereocenters. The van der Waals surface area contributed by atoms with Crippen molar-refractivity contribution in [2.45, 2.75) is 39.7 Å². The molecule has 0 heterocycles. The van der Waals surface area contributed by atoms with Gasteiger partial charge in [0.1, 0.15) is 5.75 Å². The number of carbonyl (C=O) groups excluding carboxylic acids is 1.